The minimum Gasteiger partial charge on any atom is -0.481 e. The summed E-state index contributed by atoms with van der Waals surface area (Å²) >= 11 is 0. The number of aromatic nitrogens is 1. The van der Waals surface area contributed by atoms with Gasteiger partial charge in [-0.25, -0.2) is 4.98 Å². The molecule has 1 aromatic heterocycles. The highest BCUT2D eigenvalue weighted by Crippen LogP contribution is 2.19. The van der Waals surface area contributed by atoms with Crippen molar-refractivity contribution >= 4 is 5.91 Å². The highest BCUT2D eigenvalue weighted by Gasteiger charge is 2.27. The number of hydrogen-bond donors (Lipinski definition) is 1. The molecule has 2 saturated heterocycles. The van der Waals surface area contributed by atoms with Gasteiger partial charge in [0.25, 0.3) is 0 Å². The minimum atomic E-state index is 0.252. The van der Waals surface area contributed by atoms with Crippen molar-refractivity contribution in [1.29, 1.82) is 0 Å². The van der Waals surface area contributed by atoms with Crippen molar-refractivity contribution in [3.05, 3.63) is 23.9 Å². The van der Waals surface area contributed by atoms with E-state index in [0.717, 1.165) is 50.5 Å². The fourth-order valence-electron chi connectivity index (χ4n) is 3.86. The Morgan fingerprint density at radius 1 is 1.27 bits per heavy atom. The minimum absolute atomic E-state index is 0.252. The van der Waals surface area contributed by atoms with Crippen molar-refractivity contribution in [2.75, 3.05) is 39.8 Å². The maximum Gasteiger partial charge on any atom is 0.237 e. The van der Waals surface area contributed by atoms with E-state index in [4.69, 9.17) is 4.74 Å². The van der Waals surface area contributed by atoms with Crippen LogP contribution in [0.3, 0.4) is 0 Å². The number of pyridine rings is 1. The summed E-state index contributed by atoms with van der Waals surface area (Å²) in [4.78, 5) is 21.8. The second kappa shape index (κ2) is 9.33. The van der Waals surface area contributed by atoms with Gasteiger partial charge in [-0.05, 0) is 63.3 Å². The number of nitrogens with one attached hydrogen (secondary N) is 1. The largest absolute Gasteiger partial charge is 0.481 e. The van der Waals surface area contributed by atoms with Gasteiger partial charge in [-0.3, -0.25) is 9.69 Å². The van der Waals surface area contributed by atoms with E-state index in [2.05, 4.69) is 27.0 Å². The number of carbonyl (C=O) groups is 1. The summed E-state index contributed by atoms with van der Waals surface area (Å²) in [6, 6.07) is 4.19. The molecule has 1 aromatic rings. The Labute approximate surface area is 156 Å². The standard InChI is InChI=1S/C20H32N4O2/c1-16-7-11-23(12-8-16)15-20(25)24(18-5-9-21-10-6-18)14-17-3-4-19(26-2)22-13-17/h3-4,13,16,18,21H,5-12,14-15H2,1-2H3. The highest BCUT2D eigenvalue weighted by molar-refractivity contribution is 5.78. The number of amides is 1. The number of methoxy groups -OCH3 is 1. The molecule has 144 valence electrons. The Kier molecular flexibility index (Phi) is 6.86. The Hall–Kier alpha value is -1.66. The molecule has 2 aliphatic heterocycles. The third kappa shape index (κ3) is 5.17. The van der Waals surface area contributed by atoms with E-state index in [1.165, 1.54) is 12.8 Å². The van der Waals surface area contributed by atoms with Gasteiger partial charge < -0.3 is 15.0 Å². The second-order valence-electron chi connectivity index (χ2n) is 7.67. The van der Waals surface area contributed by atoms with Gasteiger partial charge in [0.05, 0.1) is 13.7 Å². The normalized spacial score (nSPS) is 20.1. The van der Waals surface area contributed by atoms with Crippen LogP contribution in [-0.2, 0) is 11.3 Å². The molecular formula is C20H32N4O2. The molecule has 2 fully saturated rings. The average molecular weight is 361 g/mol. The number of rotatable bonds is 6. The Morgan fingerprint density at radius 2 is 2.00 bits per heavy atom. The van der Waals surface area contributed by atoms with Gasteiger partial charge in [-0.2, -0.15) is 0 Å². The fraction of sp³-hybridized carbons (Fsp3) is 0.700. The molecule has 3 heterocycles. The fourth-order valence-corrected chi connectivity index (χ4v) is 3.86. The van der Waals surface area contributed by atoms with E-state index < -0.39 is 0 Å². The highest BCUT2D eigenvalue weighted by atomic mass is 16.5. The van der Waals surface area contributed by atoms with Gasteiger partial charge in [-0.15, -0.1) is 0 Å². The van der Waals surface area contributed by atoms with Gasteiger partial charge in [0.2, 0.25) is 11.8 Å². The van der Waals surface area contributed by atoms with Crippen molar-refractivity contribution in [2.45, 2.75) is 45.2 Å². The number of piperidine rings is 2. The molecule has 0 bridgehead atoms. The number of hydrogen-bond acceptors (Lipinski definition) is 5. The second-order valence-corrected chi connectivity index (χ2v) is 7.67. The zero-order valence-electron chi connectivity index (χ0n) is 16.1. The number of nitrogens with zero attached hydrogens (tertiary/aromatic N) is 3. The molecule has 3 rings (SSSR count). The van der Waals surface area contributed by atoms with Crippen LogP contribution < -0.4 is 10.1 Å². The van der Waals surface area contributed by atoms with Gasteiger partial charge >= 0.3 is 0 Å². The van der Waals surface area contributed by atoms with Crippen LogP contribution >= 0.6 is 0 Å². The third-order valence-corrected chi connectivity index (χ3v) is 5.66. The number of carbonyl (C=O) groups excluding carboxylic acids is 1. The van der Waals surface area contributed by atoms with Crippen molar-refractivity contribution in [2.24, 2.45) is 5.92 Å². The lowest BCUT2D eigenvalue weighted by Gasteiger charge is -2.37. The Morgan fingerprint density at radius 3 is 2.62 bits per heavy atom. The first-order valence-corrected chi connectivity index (χ1v) is 9.87. The van der Waals surface area contributed by atoms with Crippen LogP contribution in [0.4, 0.5) is 0 Å². The summed E-state index contributed by atoms with van der Waals surface area (Å²) in [6.45, 7) is 7.52. The topological polar surface area (TPSA) is 57.7 Å². The summed E-state index contributed by atoms with van der Waals surface area (Å²) in [6.07, 6.45) is 6.26. The zero-order valence-corrected chi connectivity index (χ0v) is 16.1. The maximum absolute atomic E-state index is 13.1. The van der Waals surface area contributed by atoms with Crippen LogP contribution in [0, 0.1) is 5.92 Å². The SMILES string of the molecule is COc1ccc(CN(C(=O)CN2CCC(C)CC2)C2CCNCC2)cn1. The van der Waals surface area contributed by atoms with E-state index in [0.29, 0.717) is 25.0 Å². The number of likely N-dealkylation sites (tertiary alicyclic amines) is 1. The first kappa shape index (κ1) is 19.1. The molecule has 0 atom stereocenters. The van der Waals surface area contributed by atoms with E-state index in [-0.39, 0.29) is 5.91 Å². The van der Waals surface area contributed by atoms with Crippen LogP contribution in [0.5, 0.6) is 5.88 Å². The quantitative estimate of drug-likeness (QED) is 0.840. The molecule has 1 amide bonds. The molecule has 0 aromatic carbocycles. The predicted molar refractivity (Wildman–Crippen MR) is 102 cm³/mol. The lowest BCUT2D eigenvalue weighted by Crippen LogP contribution is -2.49. The molecule has 0 radical (unpaired) electrons. The lowest BCUT2D eigenvalue weighted by atomic mass is 9.99. The summed E-state index contributed by atoms with van der Waals surface area (Å²) in [7, 11) is 1.62. The maximum atomic E-state index is 13.1. The van der Waals surface area contributed by atoms with Gasteiger partial charge in [0, 0.05) is 24.8 Å². The summed E-state index contributed by atoms with van der Waals surface area (Å²) in [5.41, 5.74) is 1.06. The van der Waals surface area contributed by atoms with Gasteiger partial charge in [-0.1, -0.05) is 13.0 Å². The molecule has 0 unspecified atom stereocenters. The Bertz CT molecular complexity index is 564. The smallest absolute Gasteiger partial charge is 0.237 e. The zero-order chi connectivity index (χ0) is 18.4. The summed E-state index contributed by atoms with van der Waals surface area (Å²) in [5.74, 6) is 1.64. The van der Waals surface area contributed by atoms with Gasteiger partial charge in [0.1, 0.15) is 0 Å². The van der Waals surface area contributed by atoms with Crippen molar-refractivity contribution in [3.8, 4) is 5.88 Å². The molecule has 0 aliphatic carbocycles. The van der Waals surface area contributed by atoms with Crippen molar-refractivity contribution in [1.82, 2.24) is 20.1 Å². The van der Waals surface area contributed by atoms with Crippen LogP contribution in [0.2, 0.25) is 0 Å². The first-order chi connectivity index (χ1) is 12.7. The molecule has 26 heavy (non-hydrogen) atoms. The molecular weight excluding hydrogens is 328 g/mol. The molecule has 0 saturated carbocycles. The number of ether oxygens (including phenoxy) is 1. The molecule has 6 nitrogen and oxygen atoms in total. The van der Waals surface area contributed by atoms with Crippen LogP contribution in [0.15, 0.2) is 18.3 Å². The molecule has 0 spiro atoms. The first-order valence-electron chi connectivity index (χ1n) is 9.87. The van der Waals surface area contributed by atoms with E-state index >= 15 is 0 Å². The van der Waals surface area contributed by atoms with E-state index in [1.54, 1.807) is 7.11 Å². The molecule has 2 aliphatic rings. The summed E-state index contributed by atoms with van der Waals surface area (Å²) in [5, 5.41) is 3.40. The van der Waals surface area contributed by atoms with Crippen LogP contribution in [0.1, 0.15) is 38.2 Å². The van der Waals surface area contributed by atoms with Crippen molar-refractivity contribution < 1.29 is 9.53 Å². The predicted octanol–water partition coefficient (Wildman–Crippen LogP) is 1.90. The van der Waals surface area contributed by atoms with E-state index in [9.17, 15) is 4.79 Å². The van der Waals surface area contributed by atoms with Crippen molar-refractivity contribution in [3.63, 3.8) is 0 Å². The van der Waals surface area contributed by atoms with Gasteiger partial charge in [0.15, 0.2) is 0 Å². The monoisotopic (exact) mass is 360 g/mol. The third-order valence-electron chi connectivity index (χ3n) is 5.66. The molecule has 6 heteroatoms. The van der Waals surface area contributed by atoms with Crippen LogP contribution in [0.25, 0.3) is 0 Å². The average Bonchev–Trinajstić information content (AvgIpc) is 2.69. The summed E-state index contributed by atoms with van der Waals surface area (Å²) < 4.78 is 5.14. The Balaban J connectivity index is 1.66. The lowest BCUT2D eigenvalue weighted by molar-refractivity contribution is -0.136. The molecule has 1 N–H and O–H groups in total. The van der Waals surface area contributed by atoms with E-state index in [1.807, 2.05) is 18.3 Å². The van der Waals surface area contributed by atoms with Crippen LogP contribution in [-0.4, -0.2) is 66.6 Å².